The summed E-state index contributed by atoms with van der Waals surface area (Å²) in [6.07, 6.45) is 2.58. The summed E-state index contributed by atoms with van der Waals surface area (Å²) in [6.45, 7) is 1.96. The molecule has 0 bridgehead atoms. The van der Waals surface area contributed by atoms with Gasteiger partial charge in [0.1, 0.15) is 5.82 Å². The highest BCUT2D eigenvalue weighted by atomic mass is 35.5. The van der Waals surface area contributed by atoms with Crippen molar-refractivity contribution in [1.29, 1.82) is 0 Å². The molecule has 0 spiro atoms. The minimum atomic E-state index is -0.825. The van der Waals surface area contributed by atoms with E-state index in [0.717, 1.165) is 0 Å². The van der Waals surface area contributed by atoms with Gasteiger partial charge in [0.25, 0.3) is 0 Å². The van der Waals surface area contributed by atoms with Crippen LogP contribution in [0.5, 0.6) is 0 Å². The Balaban J connectivity index is 1.75. The number of carbonyl (C=O) groups is 1. The number of aromatic nitrogens is 1. The van der Waals surface area contributed by atoms with E-state index in [9.17, 15) is 4.79 Å². The number of halogens is 2. The third kappa shape index (κ3) is 4.44. The second kappa shape index (κ2) is 7.26. The Hall–Kier alpha value is -1.08. The average molecular weight is 333 g/mol. The summed E-state index contributed by atoms with van der Waals surface area (Å²) in [4.78, 5) is 16.1. The van der Waals surface area contributed by atoms with Gasteiger partial charge in [0, 0.05) is 32.5 Å². The number of anilines is 1. The van der Waals surface area contributed by atoms with E-state index in [1.54, 1.807) is 6.07 Å². The average Bonchev–Trinajstić information content (AvgIpc) is 2.46. The van der Waals surface area contributed by atoms with Gasteiger partial charge < -0.3 is 21.1 Å². The lowest BCUT2D eigenvalue weighted by Gasteiger charge is -2.31. The summed E-state index contributed by atoms with van der Waals surface area (Å²) < 4.78 is 5.22. The molecule has 1 fully saturated rings. The van der Waals surface area contributed by atoms with E-state index in [1.807, 2.05) is 0 Å². The van der Waals surface area contributed by atoms with Crippen LogP contribution in [-0.4, -0.2) is 42.7 Å². The number of carbonyl (C=O) groups excluding carboxylic acids is 1. The van der Waals surface area contributed by atoms with E-state index in [-0.39, 0.29) is 5.91 Å². The molecule has 0 saturated carbocycles. The van der Waals surface area contributed by atoms with Crippen molar-refractivity contribution in [1.82, 2.24) is 10.3 Å². The molecular formula is C13H18Cl2N4O2. The Kier molecular flexibility index (Phi) is 5.64. The van der Waals surface area contributed by atoms with Gasteiger partial charge in [-0.05, 0) is 18.9 Å². The maximum atomic E-state index is 12.1. The van der Waals surface area contributed by atoms with Crippen molar-refractivity contribution in [3.63, 3.8) is 0 Å². The summed E-state index contributed by atoms with van der Waals surface area (Å²) >= 11 is 11.7. The molecule has 0 aromatic carbocycles. The molecule has 8 heteroatoms. The number of nitrogens with one attached hydrogen (secondary N) is 2. The summed E-state index contributed by atoms with van der Waals surface area (Å²) in [5, 5.41) is 6.76. The van der Waals surface area contributed by atoms with E-state index in [4.69, 9.17) is 33.7 Å². The molecule has 1 saturated heterocycles. The largest absolute Gasteiger partial charge is 0.381 e. The predicted molar refractivity (Wildman–Crippen MR) is 82.7 cm³/mol. The highest BCUT2D eigenvalue weighted by molar-refractivity contribution is 6.35. The zero-order valence-corrected chi connectivity index (χ0v) is 13.0. The van der Waals surface area contributed by atoms with E-state index in [1.165, 1.54) is 6.20 Å². The molecule has 0 aliphatic carbocycles. The lowest BCUT2D eigenvalue weighted by Crippen LogP contribution is -2.57. The zero-order valence-electron chi connectivity index (χ0n) is 11.5. The Bertz CT molecular complexity index is 507. The Morgan fingerprint density at radius 2 is 2.10 bits per heavy atom. The topological polar surface area (TPSA) is 89.3 Å². The van der Waals surface area contributed by atoms with Gasteiger partial charge in [-0.15, -0.1) is 0 Å². The molecule has 1 aliphatic heterocycles. The molecule has 1 aliphatic rings. The Morgan fingerprint density at radius 1 is 1.38 bits per heavy atom. The Morgan fingerprint density at radius 3 is 2.76 bits per heavy atom. The first-order chi connectivity index (χ1) is 10.0. The van der Waals surface area contributed by atoms with Crippen LogP contribution in [0, 0.1) is 0 Å². The predicted octanol–water partition coefficient (Wildman–Crippen LogP) is 1.42. The second-order valence-electron chi connectivity index (χ2n) is 4.94. The fourth-order valence-corrected chi connectivity index (χ4v) is 2.49. The number of nitrogens with zero attached hydrogens (tertiary/aromatic N) is 1. The molecule has 2 rings (SSSR count). The van der Waals surface area contributed by atoms with Crippen LogP contribution in [0.25, 0.3) is 0 Å². The molecule has 0 unspecified atom stereocenters. The first-order valence-corrected chi connectivity index (χ1v) is 7.47. The highest BCUT2D eigenvalue weighted by Crippen LogP contribution is 2.22. The van der Waals surface area contributed by atoms with E-state index in [0.29, 0.717) is 55.0 Å². The van der Waals surface area contributed by atoms with Crippen LogP contribution in [0.2, 0.25) is 10.0 Å². The fourth-order valence-electron chi connectivity index (χ4n) is 2.04. The van der Waals surface area contributed by atoms with Crippen LogP contribution >= 0.6 is 23.2 Å². The van der Waals surface area contributed by atoms with Crippen molar-refractivity contribution in [2.75, 3.05) is 31.6 Å². The number of nitrogens with two attached hydrogens (primary N) is 1. The molecule has 116 valence electrons. The SMILES string of the molecule is NC1(C(=O)NCCNc2ncc(Cl)cc2Cl)CCOCC1. The minimum absolute atomic E-state index is 0.150. The Labute approximate surface area is 133 Å². The van der Waals surface area contributed by atoms with Crippen LogP contribution < -0.4 is 16.4 Å². The van der Waals surface area contributed by atoms with Gasteiger partial charge in [0.05, 0.1) is 15.6 Å². The first kappa shape index (κ1) is 16.3. The molecule has 2 heterocycles. The van der Waals surface area contributed by atoms with Gasteiger partial charge in [-0.2, -0.15) is 0 Å². The smallest absolute Gasteiger partial charge is 0.240 e. The van der Waals surface area contributed by atoms with Crippen LogP contribution in [-0.2, 0) is 9.53 Å². The highest BCUT2D eigenvalue weighted by Gasteiger charge is 2.35. The summed E-state index contributed by atoms with van der Waals surface area (Å²) in [5.41, 5.74) is 5.25. The molecule has 1 aromatic rings. The van der Waals surface area contributed by atoms with Gasteiger partial charge in [-0.1, -0.05) is 23.2 Å². The van der Waals surface area contributed by atoms with Crippen molar-refractivity contribution >= 4 is 34.9 Å². The van der Waals surface area contributed by atoms with Gasteiger partial charge in [0.15, 0.2) is 0 Å². The first-order valence-electron chi connectivity index (χ1n) is 6.71. The molecule has 21 heavy (non-hydrogen) atoms. The zero-order chi connectivity index (χ0) is 15.3. The monoisotopic (exact) mass is 332 g/mol. The number of amides is 1. The van der Waals surface area contributed by atoms with Crippen LogP contribution in [0.1, 0.15) is 12.8 Å². The third-order valence-corrected chi connectivity index (χ3v) is 3.84. The van der Waals surface area contributed by atoms with Crippen molar-refractivity contribution in [3.05, 3.63) is 22.3 Å². The van der Waals surface area contributed by atoms with Crippen molar-refractivity contribution in [2.24, 2.45) is 5.73 Å². The second-order valence-corrected chi connectivity index (χ2v) is 5.78. The standard InChI is InChI=1S/C13H18Cl2N4O2/c14-9-7-10(15)11(19-8-9)17-3-4-18-12(20)13(16)1-5-21-6-2-13/h7-8H,1-6,16H2,(H,17,19)(H,18,20). The van der Waals surface area contributed by atoms with E-state index in [2.05, 4.69) is 15.6 Å². The van der Waals surface area contributed by atoms with Gasteiger partial charge in [-0.3, -0.25) is 4.79 Å². The lowest BCUT2D eigenvalue weighted by molar-refractivity contribution is -0.129. The van der Waals surface area contributed by atoms with Gasteiger partial charge in [-0.25, -0.2) is 4.98 Å². The molecule has 1 amide bonds. The third-order valence-electron chi connectivity index (χ3n) is 3.35. The van der Waals surface area contributed by atoms with Crippen molar-refractivity contribution in [3.8, 4) is 0 Å². The molecule has 0 radical (unpaired) electrons. The van der Waals surface area contributed by atoms with Crippen LogP contribution in [0.4, 0.5) is 5.82 Å². The summed E-state index contributed by atoms with van der Waals surface area (Å²) in [5.74, 6) is 0.381. The fraction of sp³-hybridized carbons (Fsp3) is 0.538. The summed E-state index contributed by atoms with van der Waals surface area (Å²) in [6, 6.07) is 1.61. The minimum Gasteiger partial charge on any atom is -0.381 e. The number of ether oxygens (including phenoxy) is 1. The maximum Gasteiger partial charge on any atom is 0.240 e. The molecule has 1 aromatic heterocycles. The number of hydrogen-bond acceptors (Lipinski definition) is 5. The van der Waals surface area contributed by atoms with E-state index < -0.39 is 5.54 Å². The molecule has 4 N–H and O–H groups in total. The number of pyridine rings is 1. The molecular weight excluding hydrogens is 315 g/mol. The van der Waals surface area contributed by atoms with Crippen molar-refractivity contribution in [2.45, 2.75) is 18.4 Å². The van der Waals surface area contributed by atoms with Crippen LogP contribution in [0.3, 0.4) is 0 Å². The normalized spacial score (nSPS) is 17.3. The van der Waals surface area contributed by atoms with E-state index >= 15 is 0 Å². The van der Waals surface area contributed by atoms with Crippen molar-refractivity contribution < 1.29 is 9.53 Å². The number of rotatable bonds is 5. The van der Waals surface area contributed by atoms with Gasteiger partial charge >= 0.3 is 0 Å². The molecule has 0 atom stereocenters. The number of hydrogen-bond donors (Lipinski definition) is 3. The summed E-state index contributed by atoms with van der Waals surface area (Å²) in [7, 11) is 0. The quantitative estimate of drug-likeness (QED) is 0.709. The van der Waals surface area contributed by atoms with Crippen LogP contribution in [0.15, 0.2) is 12.3 Å². The maximum absolute atomic E-state index is 12.1. The van der Waals surface area contributed by atoms with Gasteiger partial charge in [0.2, 0.25) is 5.91 Å². The molecule has 6 nitrogen and oxygen atoms in total. The lowest BCUT2D eigenvalue weighted by atomic mass is 9.90.